The third-order valence-corrected chi connectivity index (χ3v) is 3.13. The summed E-state index contributed by atoms with van der Waals surface area (Å²) in [6, 6.07) is 4.65. The van der Waals surface area contributed by atoms with Crippen molar-refractivity contribution in [1.29, 1.82) is 0 Å². The molecule has 1 aromatic heterocycles. The molecule has 0 fully saturated rings. The molecule has 2 rings (SSSR count). The van der Waals surface area contributed by atoms with Gasteiger partial charge < -0.3 is 10.5 Å². The van der Waals surface area contributed by atoms with Gasteiger partial charge in [0, 0.05) is 10.7 Å². The van der Waals surface area contributed by atoms with Crippen LogP contribution in [0.25, 0.3) is 0 Å². The monoisotopic (exact) mass is 302 g/mol. The minimum atomic E-state index is -0.396. The molecule has 0 aliphatic heterocycles. The van der Waals surface area contributed by atoms with E-state index in [9.17, 15) is 4.39 Å². The number of halogens is 2. The number of hydrogen-bond acceptors (Lipinski definition) is 4. The van der Waals surface area contributed by atoms with Crippen LogP contribution in [0.1, 0.15) is 4.88 Å². The van der Waals surface area contributed by atoms with Crippen LogP contribution in [0.3, 0.4) is 0 Å². The zero-order chi connectivity index (χ0) is 11.5. The van der Waals surface area contributed by atoms with Crippen molar-refractivity contribution >= 4 is 32.4 Å². The van der Waals surface area contributed by atoms with Crippen molar-refractivity contribution in [3.63, 3.8) is 0 Å². The van der Waals surface area contributed by atoms with Crippen molar-refractivity contribution in [1.82, 2.24) is 4.98 Å². The molecule has 2 N–H and O–H groups in total. The van der Waals surface area contributed by atoms with Gasteiger partial charge in [0.25, 0.3) is 0 Å². The van der Waals surface area contributed by atoms with E-state index in [1.807, 2.05) is 0 Å². The number of nitrogens with two attached hydrogens (primary N) is 1. The largest absolute Gasteiger partial charge is 0.485 e. The summed E-state index contributed by atoms with van der Waals surface area (Å²) in [5.74, 6) is -0.179. The van der Waals surface area contributed by atoms with Crippen LogP contribution in [0.4, 0.5) is 9.52 Å². The fourth-order valence-electron chi connectivity index (χ4n) is 1.13. The van der Waals surface area contributed by atoms with E-state index in [-0.39, 0.29) is 12.4 Å². The SMILES string of the molecule is Nc1ncc(COc2ccc(Br)cc2F)s1. The van der Waals surface area contributed by atoms with Crippen LogP contribution in [-0.2, 0) is 6.61 Å². The second-order valence-electron chi connectivity index (χ2n) is 3.03. The van der Waals surface area contributed by atoms with E-state index in [2.05, 4.69) is 20.9 Å². The molecule has 84 valence electrons. The lowest BCUT2D eigenvalue weighted by Gasteiger charge is -2.05. The van der Waals surface area contributed by atoms with Crippen molar-refractivity contribution in [3.8, 4) is 5.75 Å². The minimum absolute atomic E-state index is 0.218. The molecular formula is C10H8BrFN2OS. The molecule has 0 unspecified atom stereocenters. The second-order valence-corrected chi connectivity index (χ2v) is 5.09. The topological polar surface area (TPSA) is 48.1 Å². The van der Waals surface area contributed by atoms with Crippen molar-refractivity contribution < 1.29 is 9.13 Å². The number of rotatable bonds is 3. The molecule has 0 spiro atoms. The second kappa shape index (κ2) is 4.80. The number of nitrogens with zero attached hydrogens (tertiary/aromatic N) is 1. The average molecular weight is 303 g/mol. The molecular weight excluding hydrogens is 295 g/mol. The first-order chi connectivity index (χ1) is 7.65. The maximum atomic E-state index is 13.4. The minimum Gasteiger partial charge on any atom is -0.485 e. The van der Waals surface area contributed by atoms with Gasteiger partial charge in [-0.1, -0.05) is 27.3 Å². The van der Waals surface area contributed by atoms with E-state index in [0.29, 0.717) is 9.60 Å². The molecule has 1 aromatic carbocycles. The highest BCUT2D eigenvalue weighted by Gasteiger charge is 2.05. The predicted octanol–water partition coefficient (Wildman–Crippen LogP) is 3.21. The molecule has 2 aromatic rings. The Balaban J connectivity index is 2.04. The molecule has 1 heterocycles. The molecule has 6 heteroatoms. The molecule has 0 aliphatic rings. The lowest BCUT2D eigenvalue weighted by atomic mass is 10.3. The van der Waals surface area contributed by atoms with Crippen LogP contribution in [0.15, 0.2) is 28.9 Å². The highest BCUT2D eigenvalue weighted by atomic mass is 79.9. The summed E-state index contributed by atoms with van der Waals surface area (Å²) < 4.78 is 19.4. The number of benzene rings is 1. The van der Waals surface area contributed by atoms with Gasteiger partial charge in [-0.25, -0.2) is 9.37 Å². The Bertz CT molecular complexity index is 503. The van der Waals surface area contributed by atoms with Gasteiger partial charge in [-0.05, 0) is 18.2 Å². The van der Waals surface area contributed by atoms with Crippen LogP contribution in [0, 0.1) is 5.82 Å². The molecule has 0 bridgehead atoms. The van der Waals surface area contributed by atoms with Crippen molar-refractivity contribution in [2.75, 3.05) is 5.73 Å². The van der Waals surface area contributed by atoms with Gasteiger partial charge in [0.05, 0.1) is 4.88 Å². The first kappa shape index (κ1) is 11.3. The lowest BCUT2D eigenvalue weighted by molar-refractivity contribution is 0.293. The van der Waals surface area contributed by atoms with Crippen molar-refractivity contribution in [3.05, 3.63) is 39.6 Å². The zero-order valence-electron chi connectivity index (χ0n) is 8.11. The summed E-state index contributed by atoms with van der Waals surface area (Å²) >= 11 is 4.50. The Morgan fingerprint density at radius 2 is 2.31 bits per heavy atom. The fraction of sp³-hybridized carbons (Fsp3) is 0.100. The third kappa shape index (κ3) is 2.70. The van der Waals surface area contributed by atoms with E-state index >= 15 is 0 Å². The van der Waals surface area contributed by atoms with E-state index in [4.69, 9.17) is 10.5 Å². The van der Waals surface area contributed by atoms with Gasteiger partial charge in [0.15, 0.2) is 16.7 Å². The van der Waals surface area contributed by atoms with Gasteiger partial charge >= 0.3 is 0 Å². The fourth-order valence-corrected chi connectivity index (χ4v) is 2.06. The van der Waals surface area contributed by atoms with Gasteiger partial charge in [-0.2, -0.15) is 0 Å². The summed E-state index contributed by atoms with van der Waals surface area (Å²) in [7, 11) is 0. The molecule has 0 radical (unpaired) electrons. The highest BCUT2D eigenvalue weighted by molar-refractivity contribution is 9.10. The summed E-state index contributed by atoms with van der Waals surface area (Å²) in [6.07, 6.45) is 1.62. The molecule has 0 saturated carbocycles. The van der Waals surface area contributed by atoms with Crippen molar-refractivity contribution in [2.24, 2.45) is 0 Å². The standard InChI is InChI=1S/C10H8BrFN2OS/c11-6-1-2-9(8(12)3-6)15-5-7-4-14-10(13)16-7/h1-4H,5H2,(H2,13,14). The van der Waals surface area contributed by atoms with Gasteiger partial charge in [0.1, 0.15) is 6.61 Å². The summed E-state index contributed by atoms with van der Waals surface area (Å²) in [5, 5.41) is 0.481. The average Bonchev–Trinajstić information content (AvgIpc) is 2.63. The van der Waals surface area contributed by atoms with E-state index in [1.54, 1.807) is 18.3 Å². The van der Waals surface area contributed by atoms with Gasteiger partial charge in [0.2, 0.25) is 0 Å². The quantitative estimate of drug-likeness (QED) is 0.947. The first-order valence-electron chi connectivity index (χ1n) is 4.43. The number of aromatic nitrogens is 1. The Morgan fingerprint density at radius 3 is 2.94 bits per heavy atom. The Kier molecular flexibility index (Phi) is 3.40. The van der Waals surface area contributed by atoms with Gasteiger partial charge in [-0.3, -0.25) is 0 Å². The van der Waals surface area contributed by atoms with Crippen LogP contribution >= 0.6 is 27.3 Å². The molecule has 0 atom stereocenters. The van der Waals surface area contributed by atoms with Gasteiger partial charge in [-0.15, -0.1) is 0 Å². The summed E-state index contributed by atoms with van der Waals surface area (Å²) in [4.78, 5) is 4.74. The molecule has 3 nitrogen and oxygen atoms in total. The predicted molar refractivity (Wildman–Crippen MR) is 65.0 cm³/mol. The highest BCUT2D eigenvalue weighted by Crippen LogP contribution is 2.23. The lowest BCUT2D eigenvalue weighted by Crippen LogP contribution is -1.95. The maximum absolute atomic E-state index is 13.4. The van der Waals surface area contributed by atoms with E-state index < -0.39 is 5.82 Å². The van der Waals surface area contributed by atoms with E-state index in [0.717, 1.165) is 4.88 Å². The van der Waals surface area contributed by atoms with E-state index in [1.165, 1.54) is 17.4 Å². The number of thiazole rings is 1. The Hall–Kier alpha value is -1.14. The molecule has 0 aliphatic carbocycles. The Labute approximate surface area is 104 Å². The summed E-state index contributed by atoms with van der Waals surface area (Å²) in [6.45, 7) is 0.271. The zero-order valence-corrected chi connectivity index (χ0v) is 10.5. The number of anilines is 1. The number of nitrogen functional groups attached to an aromatic ring is 1. The van der Waals surface area contributed by atoms with Crippen LogP contribution in [0.2, 0.25) is 0 Å². The smallest absolute Gasteiger partial charge is 0.180 e. The normalized spacial score (nSPS) is 10.4. The van der Waals surface area contributed by atoms with Crippen LogP contribution < -0.4 is 10.5 Å². The molecule has 0 saturated heterocycles. The van der Waals surface area contributed by atoms with Crippen LogP contribution in [0.5, 0.6) is 5.75 Å². The Morgan fingerprint density at radius 1 is 1.50 bits per heavy atom. The van der Waals surface area contributed by atoms with Crippen LogP contribution in [-0.4, -0.2) is 4.98 Å². The maximum Gasteiger partial charge on any atom is 0.180 e. The number of ether oxygens (including phenoxy) is 1. The first-order valence-corrected chi connectivity index (χ1v) is 6.04. The third-order valence-electron chi connectivity index (χ3n) is 1.84. The molecule has 0 amide bonds. The molecule has 16 heavy (non-hydrogen) atoms. The summed E-state index contributed by atoms with van der Waals surface area (Å²) in [5.41, 5.74) is 5.47. The van der Waals surface area contributed by atoms with Crippen molar-refractivity contribution in [2.45, 2.75) is 6.61 Å². The number of hydrogen-bond donors (Lipinski definition) is 1.